The van der Waals surface area contributed by atoms with Gasteiger partial charge in [-0.15, -0.1) is 12.4 Å². The molecular weight excluding hydrogens is 300 g/mol. The van der Waals surface area contributed by atoms with Gasteiger partial charge in [0.25, 0.3) is 0 Å². The summed E-state index contributed by atoms with van der Waals surface area (Å²) in [6.07, 6.45) is 1.67. The molecule has 2 heterocycles. The van der Waals surface area contributed by atoms with Crippen LogP contribution in [-0.4, -0.2) is 24.1 Å². The fourth-order valence-corrected chi connectivity index (χ4v) is 3.28. The molecule has 0 saturated carbocycles. The summed E-state index contributed by atoms with van der Waals surface area (Å²) in [5, 5.41) is 4.67. The number of rotatable bonds is 3. The first-order valence-electron chi connectivity index (χ1n) is 7.53. The van der Waals surface area contributed by atoms with Crippen molar-refractivity contribution in [3.63, 3.8) is 0 Å². The number of carbonyl (C=O) groups excluding carboxylic acids is 1. The maximum absolute atomic E-state index is 12.0. The lowest BCUT2D eigenvalue weighted by Crippen LogP contribution is -2.45. The van der Waals surface area contributed by atoms with E-state index in [9.17, 15) is 4.79 Å². The van der Waals surface area contributed by atoms with E-state index in [0.29, 0.717) is 12.3 Å². The number of hydrogen-bond donors (Lipinski definition) is 2. The van der Waals surface area contributed by atoms with E-state index in [1.54, 1.807) is 0 Å². The monoisotopic (exact) mass is 322 g/mol. The molecule has 0 fully saturated rings. The van der Waals surface area contributed by atoms with E-state index < -0.39 is 0 Å². The highest BCUT2D eigenvalue weighted by molar-refractivity contribution is 5.87. The minimum absolute atomic E-state index is 0. The molecule has 2 atom stereocenters. The number of ether oxygens (including phenoxy) is 1. The number of hydrogen-bond acceptors (Lipinski definition) is 3. The van der Waals surface area contributed by atoms with Gasteiger partial charge in [-0.1, -0.05) is 32.0 Å². The zero-order valence-corrected chi connectivity index (χ0v) is 14.0. The van der Waals surface area contributed by atoms with Gasteiger partial charge in [-0.3, -0.25) is 10.1 Å². The van der Waals surface area contributed by atoms with Gasteiger partial charge < -0.3 is 9.72 Å². The topological polar surface area (TPSA) is 54.1 Å². The lowest BCUT2D eigenvalue weighted by atomic mass is 9.90. The number of benzene rings is 1. The SMILES string of the molecule is COC(=O)[C@@H]1Cc2c([nH]c3ccccc23)[C@H](CC(C)C)N1.Cl. The van der Waals surface area contributed by atoms with Crippen LogP contribution in [0.15, 0.2) is 24.3 Å². The van der Waals surface area contributed by atoms with E-state index in [-0.39, 0.29) is 30.5 Å². The van der Waals surface area contributed by atoms with E-state index in [1.165, 1.54) is 23.8 Å². The van der Waals surface area contributed by atoms with E-state index in [0.717, 1.165) is 11.9 Å². The molecular formula is C17H23ClN2O2. The number of nitrogens with one attached hydrogen (secondary N) is 2. The maximum Gasteiger partial charge on any atom is 0.323 e. The molecule has 1 aliphatic heterocycles. The highest BCUT2D eigenvalue weighted by atomic mass is 35.5. The third-order valence-electron chi connectivity index (χ3n) is 4.20. The average molecular weight is 323 g/mol. The van der Waals surface area contributed by atoms with Crippen molar-refractivity contribution < 1.29 is 9.53 Å². The van der Waals surface area contributed by atoms with Crippen LogP contribution in [-0.2, 0) is 16.0 Å². The molecule has 22 heavy (non-hydrogen) atoms. The maximum atomic E-state index is 12.0. The lowest BCUT2D eigenvalue weighted by molar-refractivity contribution is -0.143. The third kappa shape index (κ3) is 2.99. The first-order chi connectivity index (χ1) is 10.1. The van der Waals surface area contributed by atoms with Gasteiger partial charge in [-0.2, -0.15) is 0 Å². The van der Waals surface area contributed by atoms with Crippen LogP contribution >= 0.6 is 12.4 Å². The van der Waals surface area contributed by atoms with Crippen molar-refractivity contribution in [2.75, 3.05) is 7.11 Å². The second-order valence-corrected chi connectivity index (χ2v) is 6.19. The van der Waals surface area contributed by atoms with Gasteiger partial charge in [-0.25, -0.2) is 0 Å². The predicted octanol–water partition coefficient (Wildman–Crippen LogP) is 3.36. The molecule has 2 N–H and O–H groups in total. The van der Waals surface area contributed by atoms with Crippen LogP contribution in [0.2, 0.25) is 0 Å². The van der Waals surface area contributed by atoms with Crippen molar-refractivity contribution in [3.05, 3.63) is 35.5 Å². The Labute approximate surface area is 137 Å². The van der Waals surface area contributed by atoms with Crippen molar-refractivity contribution in [3.8, 4) is 0 Å². The van der Waals surface area contributed by atoms with Crippen molar-refractivity contribution in [2.24, 2.45) is 5.92 Å². The van der Waals surface area contributed by atoms with Crippen LogP contribution in [0.25, 0.3) is 10.9 Å². The van der Waals surface area contributed by atoms with Crippen molar-refractivity contribution in [1.29, 1.82) is 0 Å². The molecule has 0 radical (unpaired) electrons. The molecule has 1 aliphatic rings. The quantitative estimate of drug-likeness (QED) is 0.852. The molecule has 0 bridgehead atoms. The molecule has 120 valence electrons. The van der Waals surface area contributed by atoms with Crippen LogP contribution in [0.1, 0.15) is 37.6 Å². The van der Waals surface area contributed by atoms with Gasteiger partial charge in [-0.05, 0) is 24.0 Å². The average Bonchev–Trinajstić information content (AvgIpc) is 2.85. The molecule has 1 aromatic heterocycles. The zero-order chi connectivity index (χ0) is 15.0. The smallest absolute Gasteiger partial charge is 0.323 e. The van der Waals surface area contributed by atoms with Gasteiger partial charge in [0.1, 0.15) is 6.04 Å². The molecule has 1 aromatic carbocycles. The number of aromatic amines is 1. The zero-order valence-electron chi connectivity index (χ0n) is 13.2. The van der Waals surface area contributed by atoms with Crippen molar-refractivity contribution in [1.82, 2.24) is 10.3 Å². The summed E-state index contributed by atoms with van der Waals surface area (Å²) in [7, 11) is 1.45. The lowest BCUT2D eigenvalue weighted by Gasteiger charge is -2.31. The van der Waals surface area contributed by atoms with E-state index in [1.807, 2.05) is 12.1 Å². The summed E-state index contributed by atoms with van der Waals surface area (Å²) in [5.74, 6) is 0.373. The van der Waals surface area contributed by atoms with Gasteiger partial charge in [0, 0.05) is 29.1 Å². The van der Waals surface area contributed by atoms with E-state index in [4.69, 9.17) is 4.74 Å². The van der Waals surface area contributed by atoms with Gasteiger partial charge in [0.15, 0.2) is 0 Å². The fourth-order valence-electron chi connectivity index (χ4n) is 3.28. The molecule has 0 spiro atoms. The van der Waals surface area contributed by atoms with Gasteiger partial charge in [0.2, 0.25) is 0 Å². The second-order valence-electron chi connectivity index (χ2n) is 6.19. The summed E-state index contributed by atoms with van der Waals surface area (Å²) in [6, 6.07) is 8.20. The number of H-pyrrole nitrogens is 1. The van der Waals surface area contributed by atoms with Crippen LogP contribution in [0.3, 0.4) is 0 Å². The molecule has 5 heteroatoms. The number of para-hydroxylation sites is 1. The molecule has 4 nitrogen and oxygen atoms in total. The summed E-state index contributed by atoms with van der Waals surface area (Å²) in [5.41, 5.74) is 3.62. The Balaban J connectivity index is 0.00000176. The fraction of sp³-hybridized carbons (Fsp3) is 0.471. The van der Waals surface area contributed by atoms with Crippen LogP contribution < -0.4 is 5.32 Å². The Hall–Kier alpha value is -1.52. The standard InChI is InChI=1S/C17H22N2O2.ClH/c1-10(2)8-14-16-12(9-15(18-14)17(20)21-3)11-6-4-5-7-13(11)19-16;/h4-7,10,14-15,18-19H,8-9H2,1-3H3;1H/t14-,15-;/m0./s1. The minimum atomic E-state index is -0.259. The summed E-state index contributed by atoms with van der Waals surface area (Å²) >= 11 is 0. The minimum Gasteiger partial charge on any atom is -0.468 e. The Morgan fingerprint density at radius 2 is 2.09 bits per heavy atom. The number of esters is 1. The largest absolute Gasteiger partial charge is 0.468 e. The summed E-state index contributed by atoms with van der Waals surface area (Å²) in [4.78, 5) is 15.5. The molecule has 0 amide bonds. The number of halogens is 1. The van der Waals surface area contributed by atoms with Crippen molar-refractivity contribution >= 4 is 29.3 Å². The Bertz CT molecular complexity index is 666. The Morgan fingerprint density at radius 3 is 2.77 bits per heavy atom. The van der Waals surface area contributed by atoms with Crippen LogP contribution in [0.5, 0.6) is 0 Å². The molecule has 2 aromatic rings. The predicted molar refractivity (Wildman–Crippen MR) is 90.4 cm³/mol. The highest BCUT2D eigenvalue weighted by Gasteiger charge is 2.33. The van der Waals surface area contributed by atoms with Crippen molar-refractivity contribution in [2.45, 2.75) is 38.8 Å². The summed E-state index contributed by atoms with van der Waals surface area (Å²) in [6.45, 7) is 4.40. The number of fused-ring (bicyclic) bond motifs is 3. The molecule has 3 rings (SSSR count). The number of aromatic nitrogens is 1. The van der Waals surface area contributed by atoms with E-state index >= 15 is 0 Å². The highest BCUT2D eigenvalue weighted by Crippen LogP contribution is 2.34. The Kier molecular flexibility index (Phi) is 5.14. The molecule has 0 aliphatic carbocycles. The number of methoxy groups -OCH3 is 1. The Morgan fingerprint density at radius 1 is 1.36 bits per heavy atom. The first kappa shape index (κ1) is 16.8. The van der Waals surface area contributed by atoms with Crippen LogP contribution in [0, 0.1) is 5.92 Å². The van der Waals surface area contributed by atoms with Gasteiger partial charge in [0.05, 0.1) is 7.11 Å². The third-order valence-corrected chi connectivity index (χ3v) is 4.20. The summed E-state index contributed by atoms with van der Waals surface area (Å²) < 4.78 is 4.94. The van der Waals surface area contributed by atoms with Gasteiger partial charge >= 0.3 is 5.97 Å². The second kappa shape index (κ2) is 6.71. The van der Waals surface area contributed by atoms with E-state index in [2.05, 4.69) is 36.3 Å². The number of carbonyl (C=O) groups is 1. The first-order valence-corrected chi connectivity index (χ1v) is 7.53. The van der Waals surface area contributed by atoms with Crippen LogP contribution in [0.4, 0.5) is 0 Å². The molecule has 0 saturated heterocycles. The normalized spacial score (nSPS) is 20.5. The molecule has 0 unspecified atom stereocenters.